The first-order chi connectivity index (χ1) is 11.8. The van der Waals surface area contributed by atoms with Crippen molar-refractivity contribution in [3.05, 3.63) is 18.2 Å². The SMILES string of the molecule is O=C(CC1(O)CCCC1)Nc1cc(S(=O)(=O)N2CCCC2)ccc1O. The smallest absolute Gasteiger partial charge is 0.243 e. The van der Waals surface area contributed by atoms with Crippen LogP contribution < -0.4 is 5.32 Å². The molecule has 0 atom stereocenters. The molecule has 1 aliphatic heterocycles. The highest BCUT2D eigenvalue weighted by Crippen LogP contribution is 2.34. The first-order valence-electron chi connectivity index (χ1n) is 8.66. The molecule has 1 amide bonds. The number of hydrogen-bond donors (Lipinski definition) is 3. The monoisotopic (exact) mass is 368 g/mol. The normalized spacial score (nSPS) is 20.7. The third-order valence-electron chi connectivity index (χ3n) is 4.97. The molecular formula is C17H24N2O5S. The van der Waals surface area contributed by atoms with Crippen molar-refractivity contribution in [1.82, 2.24) is 4.31 Å². The molecule has 3 N–H and O–H groups in total. The zero-order valence-electron chi connectivity index (χ0n) is 14.1. The van der Waals surface area contributed by atoms with Crippen molar-refractivity contribution in [1.29, 1.82) is 0 Å². The number of aliphatic hydroxyl groups is 1. The highest BCUT2D eigenvalue weighted by molar-refractivity contribution is 7.89. The Bertz CT molecular complexity index is 750. The molecule has 138 valence electrons. The molecule has 25 heavy (non-hydrogen) atoms. The lowest BCUT2D eigenvalue weighted by molar-refractivity contribution is -0.120. The van der Waals surface area contributed by atoms with Gasteiger partial charge in [-0.3, -0.25) is 4.79 Å². The van der Waals surface area contributed by atoms with Gasteiger partial charge in [0.1, 0.15) is 5.75 Å². The topological polar surface area (TPSA) is 107 Å². The Morgan fingerprint density at radius 1 is 1.16 bits per heavy atom. The minimum absolute atomic E-state index is 0.0436. The van der Waals surface area contributed by atoms with Crippen LogP contribution in [0.5, 0.6) is 5.75 Å². The molecule has 1 heterocycles. The van der Waals surface area contributed by atoms with Crippen LogP contribution in [0.25, 0.3) is 0 Å². The van der Waals surface area contributed by atoms with Gasteiger partial charge in [0.25, 0.3) is 0 Å². The number of carbonyl (C=O) groups is 1. The minimum Gasteiger partial charge on any atom is -0.506 e. The molecule has 0 unspecified atom stereocenters. The number of nitrogens with one attached hydrogen (secondary N) is 1. The van der Waals surface area contributed by atoms with Gasteiger partial charge < -0.3 is 15.5 Å². The average molecular weight is 368 g/mol. The van der Waals surface area contributed by atoms with Gasteiger partial charge in [-0.05, 0) is 43.9 Å². The van der Waals surface area contributed by atoms with E-state index in [0.717, 1.165) is 25.7 Å². The van der Waals surface area contributed by atoms with E-state index in [1.54, 1.807) is 0 Å². The number of hydrogen-bond acceptors (Lipinski definition) is 5. The first-order valence-corrected chi connectivity index (χ1v) is 10.1. The van der Waals surface area contributed by atoms with Crippen molar-refractivity contribution in [2.24, 2.45) is 0 Å². The molecule has 2 fully saturated rings. The summed E-state index contributed by atoms with van der Waals surface area (Å²) < 4.78 is 26.6. The lowest BCUT2D eigenvalue weighted by atomic mass is 9.97. The highest BCUT2D eigenvalue weighted by atomic mass is 32.2. The Balaban J connectivity index is 1.76. The summed E-state index contributed by atoms with van der Waals surface area (Å²) in [5, 5.41) is 22.8. The lowest BCUT2D eigenvalue weighted by Gasteiger charge is -2.21. The van der Waals surface area contributed by atoms with Crippen molar-refractivity contribution < 1.29 is 23.4 Å². The number of sulfonamides is 1. The van der Waals surface area contributed by atoms with Crippen molar-refractivity contribution in [2.45, 2.75) is 55.4 Å². The fraction of sp³-hybridized carbons (Fsp3) is 0.588. The Labute approximate surface area is 147 Å². The van der Waals surface area contributed by atoms with Gasteiger partial charge in [-0.15, -0.1) is 0 Å². The summed E-state index contributed by atoms with van der Waals surface area (Å²) in [5.74, 6) is -0.637. The number of phenolic OH excluding ortho intramolecular Hbond substituents is 1. The number of aromatic hydroxyl groups is 1. The van der Waals surface area contributed by atoms with E-state index in [1.165, 1.54) is 22.5 Å². The van der Waals surface area contributed by atoms with E-state index >= 15 is 0 Å². The fourth-order valence-corrected chi connectivity index (χ4v) is 5.10. The van der Waals surface area contributed by atoms with Crippen LogP contribution in [0.1, 0.15) is 44.9 Å². The third-order valence-corrected chi connectivity index (χ3v) is 6.86. The first kappa shape index (κ1) is 18.2. The molecule has 0 bridgehead atoms. The standard InChI is InChI=1S/C17H24N2O5S/c20-15-6-5-13(25(23,24)19-9-3-4-10-19)11-14(15)18-16(21)12-17(22)7-1-2-8-17/h5-6,11,20,22H,1-4,7-10,12H2,(H,18,21). The van der Waals surface area contributed by atoms with E-state index in [0.29, 0.717) is 25.9 Å². The van der Waals surface area contributed by atoms with Crippen LogP contribution >= 0.6 is 0 Å². The molecule has 1 saturated carbocycles. The van der Waals surface area contributed by atoms with Crippen LogP contribution in [0.4, 0.5) is 5.69 Å². The van der Waals surface area contributed by atoms with Crippen LogP contribution in [-0.4, -0.2) is 47.5 Å². The summed E-state index contributed by atoms with van der Waals surface area (Å²) in [7, 11) is -3.63. The molecule has 3 rings (SSSR count). The van der Waals surface area contributed by atoms with Crippen LogP contribution in [0.15, 0.2) is 23.1 Å². The molecule has 0 aromatic heterocycles. The van der Waals surface area contributed by atoms with E-state index in [9.17, 15) is 23.4 Å². The van der Waals surface area contributed by atoms with Crippen molar-refractivity contribution in [2.75, 3.05) is 18.4 Å². The molecule has 0 radical (unpaired) electrons. The zero-order valence-corrected chi connectivity index (χ0v) is 14.9. The largest absolute Gasteiger partial charge is 0.506 e. The van der Waals surface area contributed by atoms with Gasteiger partial charge >= 0.3 is 0 Å². The Morgan fingerprint density at radius 2 is 1.80 bits per heavy atom. The quantitative estimate of drug-likeness (QED) is 0.687. The number of rotatable bonds is 5. The van der Waals surface area contributed by atoms with E-state index in [1.807, 2.05) is 0 Å². The highest BCUT2D eigenvalue weighted by Gasteiger charge is 2.34. The second-order valence-electron chi connectivity index (χ2n) is 6.95. The molecule has 8 heteroatoms. The number of benzene rings is 1. The number of nitrogens with zero attached hydrogens (tertiary/aromatic N) is 1. The fourth-order valence-electron chi connectivity index (χ4n) is 3.56. The summed E-state index contributed by atoms with van der Waals surface area (Å²) in [6.07, 6.45) is 4.54. The van der Waals surface area contributed by atoms with Crippen molar-refractivity contribution in [3.63, 3.8) is 0 Å². The van der Waals surface area contributed by atoms with E-state index in [4.69, 9.17) is 0 Å². The summed E-state index contributed by atoms with van der Waals surface area (Å²) in [5.41, 5.74) is -0.953. The molecule has 7 nitrogen and oxygen atoms in total. The molecule has 1 aromatic carbocycles. The van der Waals surface area contributed by atoms with E-state index in [-0.39, 0.29) is 22.8 Å². The van der Waals surface area contributed by atoms with Gasteiger partial charge in [0, 0.05) is 13.1 Å². The molecule has 1 saturated heterocycles. The maximum atomic E-state index is 12.6. The summed E-state index contributed by atoms with van der Waals surface area (Å²) in [6, 6.07) is 3.88. The number of phenols is 1. The average Bonchev–Trinajstić information content (AvgIpc) is 3.21. The van der Waals surface area contributed by atoms with Gasteiger partial charge in [-0.1, -0.05) is 12.8 Å². The maximum absolute atomic E-state index is 12.6. The second kappa shape index (κ2) is 6.93. The Morgan fingerprint density at radius 3 is 2.44 bits per heavy atom. The predicted octanol–water partition coefficient (Wildman–Crippen LogP) is 1.81. The number of carbonyl (C=O) groups excluding carboxylic acids is 1. The Hall–Kier alpha value is -1.64. The Kier molecular flexibility index (Phi) is 5.04. The molecule has 1 aliphatic carbocycles. The van der Waals surface area contributed by atoms with Gasteiger partial charge in [0.2, 0.25) is 15.9 Å². The zero-order chi connectivity index (χ0) is 18.1. The van der Waals surface area contributed by atoms with Gasteiger partial charge in [-0.25, -0.2) is 8.42 Å². The van der Waals surface area contributed by atoms with E-state index in [2.05, 4.69) is 5.32 Å². The van der Waals surface area contributed by atoms with Crippen LogP contribution in [0.3, 0.4) is 0 Å². The van der Waals surface area contributed by atoms with Crippen molar-refractivity contribution in [3.8, 4) is 5.75 Å². The number of amides is 1. The van der Waals surface area contributed by atoms with Gasteiger partial charge in [0.05, 0.1) is 22.6 Å². The molecular weight excluding hydrogens is 344 g/mol. The van der Waals surface area contributed by atoms with Gasteiger partial charge in [-0.2, -0.15) is 4.31 Å². The molecule has 0 spiro atoms. The second-order valence-corrected chi connectivity index (χ2v) is 8.88. The van der Waals surface area contributed by atoms with Crippen LogP contribution in [0, 0.1) is 0 Å². The molecule has 1 aromatic rings. The van der Waals surface area contributed by atoms with Crippen LogP contribution in [0.2, 0.25) is 0 Å². The van der Waals surface area contributed by atoms with Gasteiger partial charge in [0.15, 0.2) is 0 Å². The van der Waals surface area contributed by atoms with E-state index < -0.39 is 21.5 Å². The molecule has 2 aliphatic rings. The minimum atomic E-state index is -3.63. The van der Waals surface area contributed by atoms with Crippen LogP contribution in [-0.2, 0) is 14.8 Å². The summed E-state index contributed by atoms with van der Waals surface area (Å²) >= 11 is 0. The third kappa shape index (κ3) is 3.96. The van der Waals surface area contributed by atoms with Crippen molar-refractivity contribution >= 4 is 21.6 Å². The number of anilines is 1. The lowest BCUT2D eigenvalue weighted by Crippen LogP contribution is -2.31. The predicted molar refractivity (Wildman–Crippen MR) is 92.8 cm³/mol. The summed E-state index contributed by atoms with van der Waals surface area (Å²) in [6.45, 7) is 0.968. The maximum Gasteiger partial charge on any atom is 0.243 e. The summed E-state index contributed by atoms with van der Waals surface area (Å²) in [4.78, 5) is 12.2.